The first-order valence-electron chi connectivity index (χ1n) is 10.5. The average molecular weight is 373 g/mol. The molecule has 1 heteroatoms. The van der Waals surface area contributed by atoms with E-state index in [1.165, 1.54) is 49.0 Å². The van der Waals surface area contributed by atoms with E-state index in [9.17, 15) is 0 Å². The van der Waals surface area contributed by atoms with Crippen molar-refractivity contribution in [2.24, 2.45) is 0 Å². The Hall–Kier alpha value is -3.16. The standard InChI is InChI=1S/C28H23N/c1-4-10-24-19(6-1)12-13-28-26-11-5-8-20(25(26)14-15-27(24)28)16-22-18-29-17-21-7-2-3-9-23(21)22/h1-15,22,29H,16-18H2. The maximum Gasteiger partial charge on any atom is 0.0208 e. The van der Waals surface area contributed by atoms with Gasteiger partial charge in [-0.05, 0) is 55.4 Å². The van der Waals surface area contributed by atoms with E-state index in [0.717, 1.165) is 19.5 Å². The third kappa shape index (κ3) is 2.73. The van der Waals surface area contributed by atoms with Gasteiger partial charge in [0.05, 0.1) is 0 Å². The van der Waals surface area contributed by atoms with E-state index in [-0.39, 0.29) is 0 Å². The maximum atomic E-state index is 3.61. The predicted molar refractivity (Wildman–Crippen MR) is 124 cm³/mol. The SMILES string of the molecule is c1ccc2c(c1)CNCC2Cc1cccc2c1ccc1c3ccccc3ccc21. The fraction of sp³-hybridized carbons (Fsp3) is 0.143. The largest absolute Gasteiger partial charge is 0.312 e. The zero-order chi connectivity index (χ0) is 19.2. The van der Waals surface area contributed by atoms with E-state index in [1.807, 2.05) is 0 Å². The van der Waals surface area contributed by atoms with Gasteiger partial charge in [-0.1, -0.05) is 91.0 Å². The average Bonchev–Trinajstić information content (AvgIpc) is 2.79. The van der Waals surface area contributed by atoms with Crippen LogP contribution in [0.2, 0.25) is 0 Å². The number of benzene rings is 5. The minimum absolute atomic E-state index is 0.526. The van der Waals surface area contributed by atoms with Crippen LogP contribution in [0.25, 0.3) is 32.3 Å². The normalized spacial score (nSPS) is 16.3. The van der Waals surface area contributed by atoms with Gasteiger partial charge in [-0.25, -0.2) is 0 Å². The Morgan fingerprint density at radius 3 is 2.34 bits per heavy atom. The molecule has 0 amide bonds. The van der Waals surface area contributed by atoms with Gasteiger partial charge in [0.2, 0.25) is 0 Å². The molecule has 5 aromatic rings. The van der Waals surface area contributed by atoms with Gasteiger partial charge < -0.3 is 5.32 Å². The van der Waals surface area contributed by atoms with Crippen molar-refractivity contribution in [1.29, 1.82) is 0 Å². The molecule has 140 valence electrons. The topological polar surface area (TPSA) is 12.0 Å². The highest BCUT2D eigenvalue weighted by Gasteiger charge is 2.20. The molecule has 0 bridgehead atoms. The lowest BCUT2D eigenvalue weighted by molar-refractivity contribution is 0.540. The van der Waals surface area contributed by atoms with E-state index in [0.29, 0.717) is 5.92 Å². The Balaban J connectivity index is 1.50. The van der Waals surface area contributed by atoms with Crippen LogP contribution in [0.5, 0.6) is 0 Å². The van der Waals surface area contributed by atoms with Crippen LogP contribution >= 0.6 is 0 Å². The van der Waals surface area contributed by atoms with Crippen molar-refractivity contribution in [3.63, 3.8) is 0 Å². The van der Waals surface area contributed by atoms with Gasteiger partial charge in [0.1, 0.15) is 0 Å². The summed E-state index contributed by atoms with van der Waals surface area (Å²) in [6, 6.07) is 33.6. The molecule has 0 radical (unpaired) electrons. The van der Waals surface area contributed by atoms with Crippen LogP contribution in [0.1, 0.15) is 22.6 Å². The molecule has 0 spiro atoms. The number of fused-ring (bicyclic) bond motifs is 6. The van der Waals surface area contributed by atoms with Crippen molar-refractivity contribution in [2.75, 3.05) is 6.54 Å². The molecule has 1 unspecified atom stereocenters. The van der Waals surface area contributed by atoms with Crippen molar-refractivity contribution in [2.45, 2.75) is 18.9 Å². The molecule has 0 saturated carbocycles. The van der Waals surface area contributed by atoms with E-state index in [1.54, 1.807) is 0 Å². The van der Waals surface area contributed by atoms with Gasteiger partial charge in [0.15, 0.2) is 0 Å². The predicted octanol–water partition coefficient (Wildman–Crippen LogP) is 6.58. The summed E-state index contributed by atoms with van der Waals surface area (Å²) in [6.07, 6.45) is 1.07. The fourth-order valence-electron chi connectivity index (χ4n) is 5.13. The second-order valence-corrected chi connectivity index (χ2v) is 8.19. The number of hydrogen-bond donors (Lipinski definition) is 1. The van der Waals surface area contributed by atoms with Gasteiger partial charge in [-0.15, -0.1) is 0 Å². The quantitative estimate of drug-likeness (QED) is 0.345. The third-order valence-corrected chi connectivity index (χ3v) is 6.54. The maximum absolute atomic E-state index is 3.61. The second kappa shape index (κ2) is 6.72. The lowest BCUT2D eigenvalue weighted by atomic mass is 9.84. The summed E-state index contributed by atoms with van der Waals surface area (Å²) in [5.41, 5.74) is 4.40. The van der Waals surface area contributed by atoms with E-state index in [2.05, 4.69) is 96.3 Å². The Morgan fingerprint density at radius 1 is 0.621 bits per heavy atom. The molecule has 1 atom stereocenters. The highest BCUT2D eigenvalue weighted by Crippen LogP contribution is 2.35. The molecule has 0 fully saturated rings. The van der Waals surface area contributed by atoms with Gasteiger partial charge in [-0.2, -0.15) is 0 Å². The lowest BCUT2D eigenvalue weighted by Gasteiger charge is -2.27. The van der Waals surface area contributed by atoms with Crippen LogP contribution in [-0.2, 0) is 13.0 Å². The summed E-state index contributed by atoms with van der Waals surface area (Å²) < 4.78 is 0. The molecule has 0 aromatic heterocycles. The molecule has 1 nitrogen and oxygen atoms in total. The Labute approximate surface area is 171 Å². The molecule has 0 saturated heterocycles. The lowest BCUT2D eigenvalue weighted by Crippen LogP contribution is -2.29. The van der Waals surface area contributed by atoms with Crippen LogP contribution in [0.15, 0.2) is 91.0 Å². The number of hydrogen-bond acceptors (Lipinski definition) is 1. The summed E-state index contributed by atoms with van der Waals surface area (Å²) in [7, 11) is 0. The fourth-order valence-corrected chi connectivity index (χ4v) is 5.13. The van der Waals surface area contributed by atoms with Gasteiger partial charge in [0.25, 0.3) is 0 Å². The Bertz CT molecular complexity index is 1370. The molecule has 1 aliphatic rings. The van der Waals surface area contributed by atoms with Gasteiger partial charge >= 0.3 is 0 Å². The van der Waals surface area contributed by atoms with Crippen molar-refractivity contribution in [3.05, 3.63) is 108 Å². The van der Waals surface area contributed by atoms with E-state index in [4.69, 9.17) is 0 Å². The Kier molecular flexibility index (Phi) is 3.88. The summed E-state index contributed by atoms with van der Waals surface area (Å²) >= 11 is 0. The first-order valence-corrected chi connectivity index (χ1v) is 10.5. The zero-order valence-corrected chi connectivity index (χ0v) is 16.4. The van der Waals surface area contributed by atoms with E-state index < -0.39 is 0 Å². The molecule has 1 N–H and O–H groups in total. The molecule has 1 heterocycles. The van der Waals surface area contributed by atoms with E-state index >= 15 is 0 Å². The van der Waals surface area contributed by atoms with Crippen LogP contribution in [0, 0.1) is 0 Å². The molecule has 1 aliphatic heterocycles. The third-order valence-electron chi connectivity index (χ3n) is 6.54. The molecule has 5 aromatic carbocycles. The first kappa shape index (κ1) is 16.8. The summed E-state index contributed by atoms with van der Waals surface area (Å²) in [4.78, 5) is 0. The van der Waals surface area contributed by atoms with Crippen LogP contribution in [-0.4, -0.2) is 6.54 Å². The first-order chi connectivity index (χ1) is 14.4. The van der Waals surface area contributed by atoms with Gasteiger partial charge in [-0.3, -0.25) is 0 Å². The smallest absolute Gasteiger partial charge is 0.0208 e. The molecule has 0 aliphatic carbocycles. The summed E-state index contributed by atoms with van der Waals surface area (Å²) in [5.74, 6) is 0.526. The molecule has 29 heavy (non-hydrogen) atoms. The minimum atomic E-state index is 0.526. The van der Waals surface area contributed by atoms with Crippen LogP contribution < -0.4 is 5.32 Å². The highest BCUT2D eigenvalue weighted by molar-refractivity contribution is 6.17. The molecule has 6 rings (SSSR count). The van der Waals surface area contributed by atoms with Gasteiger partial charge in [0, 0.05) is 19.0 Å². The second-order valence-electron chi connectivity index (χ2n) is 8.19. The molecular formula is C28H23N. The number of nitrogens with one attached hydrogen (secondary N) is 1. The summed E-state index contributed by atoms with van der Waals surface area (Å²) in [6.45, 7) is 2.03. The van der Waals surface area contributed by atoms with Crippen molar-refractivity contribution in [3.8, 4) is 0 Å². The monoisotopic (exact) mass is 373 g/mol. The highest BCUT2D eigenvalue weighted by atomic mass is 14.9. The molecular weight excluding hydrogens is 350 g/mol. The van der Waals surface area contributed by atoms with Crippen LogP contribution in [0.3, 0.4) is 0 Å². The Morgan fingerprint density at radius 2 is 1.34 bits per heavy atom. The van der Waals surface area contributed by atoms with Crippen molar-refractivity contribution in [1.82, 2.24) is 5.32 Å². The zero-order valence-electron chi connectivity index (χ0n) is 16.4. The summed E-state index contributed by atoms with van der Waals surface area (Å²) in [5, 5.41) is 11.7. The van der Waals surface area contributed by atoms with Crippen molar-refractivity contribution < 1.29 is 0 Å². The number of rotatable bonds is 2. The van der Waals surface area contributed by atoms with Crippen molar-refractivity contribution >= 4 is 32.3 Å². The minimum Gasteiger partial charge on any atom is -0.312 e. The van der Waals surface area contributed by atoms with Crippen LogP contribution in [0.4, 0.5) is 0 Å².